The highest BCUT2D eigenvalue weighted by Crippen LogP contribution is 2.27. The summed E-state index contributed by atoms with van der Waals surface area (Å²) in [5, 5.41) is 0. The van der Waals surface area contributed by atoms with Crippen molar-refractivity contribution >= 4 is 0 Å². The van der Waals surface area contributed by atoms with E-state index in [1.54, 1.807) is 13.3 Å². The molecule has 1 aromatic heterocycles. The molecule has 3 N–H and O–H groups in total. The van der Waals surface area contributed by atoms with Gasteiger partial charge in [-0.15, -0.1) is 0 Å². The zero-order valence-corrected chi connectivity index (χ0v) is 11.8. The minimum Gasteiger partial charge on any atom is -0.495 e. The summed E-state index contributed by atoms with van der Waals surface area (Å²) in [6.07, 6.45) is 1.77. The van der Waals surface area contributed by atoms with E-state index in [0.29, 0.717) is 0 Å². The molecule has 2 atom stereocenters. The number of hydrogen-bond acceptors (Lipinski definition) is 6. The van der Waals surface area contributed by atoms with E-state index in [-0.39, 0.29) is 12.1 Å². The highest BCUT2D eigenvalue weighted by Gasteiger charge is 2.32. The van der Waals surface area contributed by atoms with Crippen LogP contribution in [0.4, 0.5) is 0 Å². The Morgan fingerprint density at radius 3 is 2.95 bits per heavy atom. The Bertz CT molecular complexity index is 414. The van der Waals surface area contributed by atoms with Gasteiger partial charge in [0.1, 0.15) is 11.4 Å². The number of hydrogen-bond donors (Lipinski definition) is 2. The largest absolute Gasteiger partial charge is 0.495 e. The normalized spacial score (nSPS) is 23.3. The van der Waals surface area contributed by atoms with Crippen LogP contribution in [0.3, 0.4) is 0 Å². The second kappa shape index (κ2) is 6.29. The molecule has 0 amide bonds. The fourth-order valence-electron chi connectivity index (χ4n) is 2.59. The number of hydrazine groups is 1. The Labute approximate surface area is 114 Å². The van der Waals surface area contributed by atoms with Gasteiger partial charge in [0, 0.05) is 31.9 Å². The number of nitrogens with one attached hydrogen (secondary N) is 1. The summed E-state index contributed by atoms with van der Waals surface area (Å²) in [4.78, 5) is 9.07. The lowest BCUT2D eigenvalue weighted by Crippen LogP contribution is -2.56. The summed E-state index contributed by atoms with van der Waals surface area (Å²) >= 11 is 0. The molecule has 2 unspecified atom stereocenters. The maximum atomic E-state index is 5.78. The third-order valence-corrected chi connectivity index (χ3v) is 3.78. The standard InChI is InChI=1S/C13H23N5O/c1-17-7-8-18(2)10(9-17)12(16-14)13-11(19-3)5-4-6-15-13/h4-6,10,12,16H,7-9,14H2,1-3H3. The van der Waals surface area contributed by atoms with Crippen molar-refractivity contribution in [2.24, 2.45) is 5.84 Å². The molecule has 0 bridgehead atoms. The van der Waals surface area contributed by atoms with Crippen molar-refractivity contribution in [3.8, 4) is 5.75 Å². The first-order valence-electron chi connectivity index (χ1n) is 6.51. The van der Waals surface area contributed by atoms with Crippen molar-refractivity contribution in [1.82, 2.24) is 20.2 Å². The van der Waals surface area contributed by atoms with E-state index < -0.39 is 0 Å². The van der Waals surface area contributed by atoms with E-state index in [9.17, 15) is 0 Å². The van der Waals surface area contributed by atoms with Crippen LogP contribution in [-0.2, 0) is 0 Å². The van der Waals surface area contributed by atoms with Crippen LogP contribution in [0, 0.1) is 0 Å². The number of pyridine rings is 1. The molecule has 1 aliphatic rings. The molecule has 2 rings (SSSR count). The summed E-state index contributed by atoms with van der Waals surface area (Å²) in [6, 6.07) is 4.00. The average molecular weight is 265 g/mol. The molecule has 0 aliphatic carbocycles. The zero-order chi connectivity index (χ0) is 13.8. The summed E-state index contributed by atoms with van der Waals surface area (Å²) < 4.78 is 5.39. The Kier molecular flexibility index (Phi) is 4.71. The topological polar surface area (TPSA) is 66.7 Å². The van der Waals surface area contributed by atoms with Gasteiger partial charge in [-0.05, 0) is 26.2 Å². The van der Waals surface area contributed by atoms with Crippen LogP contribution in [0.1, 0.15) is 11.7 Å². The van der Waals surface area contributed by atoms with Gasteiger partial charge in [-0.3, -0.25) is 15.7 Å². The molecule has 1 fully saturated rings. The third-order valence-electron chi connectivity index (χ3n) is 3.78. The molecule has 6 heteroatoms. The number of rotatable bonds is 4. The predicted molar refractivity (Wildman–Crippen MR) is 74.8 cm³/mol. The van der Waals surface area contributed by atoms with E-state index in [1.807, 2.05) is 12.1 Å². The van der Waals surface area contributed by atoms with Crippen LogP contribution in [0.2, 0.25) is 0 Å². The number of ether oxygens (including phenoxy) is 1. The summed E-state index contributed by atoms with van der Waals surface area (Å²) in [5.41, 5.74) is 3.76. The minimum absolute atomic E-state index is 0.0519. The lowest BCUT2D eigenvalue weighted by Gasteiger charge is -2.41. The monoisotopic (exact) mass is 265 g/mol. The molecule has 0 spiro atoms. The second-order valence-corrected chi connectivity index (χ2v) is 5.05. The van der Waals surface area contributed by atoms with Crippen molar-refractivity contribution in [2.45, 2.75) is 12.1 Å². The number of methoxy groups -OCH3 is 1. The van der Waals surface area contributed by atoms with Gasteiger partial charge in [-0.1, -0.05) is 0 Å². The van der Waals surface area contributed by atoms with Gasteiger partial charge in [0.2, 0.25) is 0 Å². The van der Waals surface area contributed by atoms with E-state index in [2.05, 4.69) is 34.3 Å². The molecule has 19 heavy (non-hydrogen) atoms. The Morgan fingerprint density at radius 2 is 2.26 bits per heavy atom. The molecule has 2 heterocycles. The summed E-state index contributed by atoms with van der Waals surface area (Å²) in [5.74, 6) is 6.55. The second-order valence-electron chi connectivity index (χ2n) is 5.05. The van der Waals surface area contributed by atoms with Gasteiger partial charge in [0.15, 0.2) is 0 Å². The van der Waals surface area contributed by atoms with Gasteiger partial charge in [0.25, 0.3) is 0 Å². The van der Waals surface area contributed by atoms with Crippen LogP contribution >= 0.6 is 0 Å². The Hall–Kier alpha value is -1.21. The first kappa shape index (κ1) is 14.2. The van der Waals surface area contributed by atoms with Gasteiger partial charge in [0.05, 0.1) is 13.2 Å². The molecular formula is C13H23N5O. The Morgan fingerprint density at radius 1 is 1.47 bits per heavy atom. The van der Waals surface area contributed by atoms with Crippen LogP contribution in [-0.4, -0.2) is 61.7 Å². The van der Waals surface area contributed by atoms with Gasteiger partial charge in [-0.25, -0.2) is 5.43 Å². The molecule has 0 aromatic carbocycles. The molecule has 1 aromatic rings. The van der Waals surface area contributed by atoms with E-state index in [1.165, 1.54) is 0 Å². The van der Waals surface area contributed by atoms with E-state index in [4.69, 9.17) is 10.6 Å². The highest BCUT2D eigenvalue weighted by molar-refractivity contribution is 5.30. The molecule has 106 valence electrons. The maximum absolute atomic E-state index is 5.78. The Balaban J connectivity index is 2.27. The zero-order valence-electron chi connectivity index (χ0n) is 11.8. The first-order chi connectivity index (χ1) is 9.17. The lowest BCUT2D eigenvalue weighted by atomic mass is 10.00. The number of nitrogens with zero attached hydrogens (tertiary/aromatic N) is 3. The van der Waals surface area contributed by atoms with Gasteiger partial charge >= 0.3 is 0 Å². The number of nitrogens with two attached hydrogens (primary N) is 1. The fraction of sp³-hybridized carbons (Fsp3) is 0.615. The molecule has 1 saturated heterocycles. The molecule has 0 saturated carbocycles. The molecular weight excluding hydrogens is 242 g/mol. The minimum atomic E-state index is -0.0519. The summed E-state index contributed by atoms with van der Waals surface area (Å²) in [6.45, 7) is 3.04. The van der Waals surface area contributed by atoms with Crippen molar-refractivity contribution < 1.29 is 4.74 Å². The van der Waals surface area contributed by atoms with E-state index >= 15 is 0 Å². The molecule has 0 radical (unpaired) electrons. The van der Waals surface area contributed by atoms with Gasteiger partial charge in [-0.2, -0.15) is 0 Å². The average Bonchev–Trinajstić information content (AvgIpc) is 2.44. The van der Waals surface area contributed by atoms with Crippen molar-refractivity contribution in [2.75, 3.05) is 40.8 Å². The van der Waals surface area contributed by atoms with Crippen LogP contribution < -0.4 is 16.0 Å². The fourth-order valence-corrected chi connectivity index (χ4v) is 2.59. The number of aromatic nitrogens is 1. The SMILES string of the molecule is COc1cccnc1C(NN)C1CN(C)CCN1C. The predicted octanol–water partition coefficient (Wildman–Crippen LogP) is -0.160. The number of piperazine rings is 1. The lowest BCUT2D eigenvalue weighted by molar-refractivity contribution is 0.0858. The van der Waals surface area contributed by atoms with Crippen LogP contribution in [0.5, 0.6) is 5.75 Å². The van der Waals surface area contributed by atoms with Crippen LogP contribution in [0.25, 0.3) is 0 Å². The molecule has 1 aliphatic heterocycles. The maximum Gasteiger partial charge on any atom is 0.142 e. The third kappa shape index (κ3) is 3.03. The first-order valence-corrected chi connectivity index (χ1v) is 6.51. The van der Waals surface area contributed by atoms with E-state index in [0.717, 1.165) is 31.1 Å². The van der Waals surface area contributed by atoms with Crippen molar-refractivity contribution in [1.29, 1.82) is 0 Å². The summed E-state index contributed by atoms with van der Waals surface area (Å²) in [7, 11) is 5.91. The van der Waals surface area contributed by atoms with Crippen molar-refractivity contribution in [3.05, 3.63) is 24.0 Å². The molecule has 6 nitrogen and oxygen atoms in total. The van der Waals surface area contributed by atoms with Crippen molar-refractivity contribution in [3.63, 3.8) is 0 Å². The smallest absolute Gasteiger partial charge is 0.142 e. The number of likely N-dealkylation sites (N-methyl/N-ethyl adjacent to an activating group) is 2. The highest BCUT2D eigenvalue weighted by atomic mass is 16.5. The van der Waals surface area contributed by atoms with Crippen LogP contribution in [0.15, 0.2) is 18.3 Å². The van der Waals surface area contributed by atoms with Gasteiger partial charge < -0.3 is 9.64 Å². The quantitative estimate of drug-likeness (QED) is 0.582.